The van der Waals surface area contributed by atoms with Gasteiger partial charge in [-0.3, -0.25) is 0 Å². The summed E-state index contributed by atoms with van der Waals surface area (Å²) in [5.74, 6) is 0. The number of hydrogen-bond donors (Lipinski definition) is 0. The minimum atomic E-state index is -2.38. The lowest BCUT2D eigenvalue weighted by molar-refractivity contribution is 0.0592. The fourth-order valence-electron chi connectivity index (χ4n) is 1.40. The smallest absolute Gasteiger partial charge is 0.373 e. The van der Waals surface area contributed by atoms with E-state index in [9.17, 15) is 0 Å². The number of rotatable bonds is 12. The third kappa shape index (κ3) is 8.53. The molecule has 0 heterocycles. The van der Waals surface area contributed by atoms with E-state index in [-0.39, 0.29) is 0 Å². The maximum Gasteiger partial charge on any atom is 0.500 e. The summed E-state index contributed by atoms with van der Waals surface area (Å²) >= 11 is 2.40. The highest BCUT2D eigenvalue weighted by Gasteiger charge is 2.40. The van der Waals surface area contributed by atoms with Gasteiger partial charge in [0.1, 0.15) is 0 Å². The van der Waals surface area contributed by atoms with Gasteiger partial charge in [-0.15, -0.1) is 0 Å². The third-order valence-electron chi connectivity index (χ3n) is 2.19. The standard InChI is InChI=1S/C12H27IO3Si/c1-4-9-14-17(12-7-8-13,15-10-5-2)16-11-6-3/h4-12H2,1-3H3. The minimum absolute atomic E-state index is 0.751. The molecule has 3 nitrogen and oxygen atoms in total. The van der Waals surface area contributed by atoms with Crippen molar-refractivity contribution in [3.8, 4) is 0 Å². The molecule has 0 N–H and O–H groups in total. The summed E-state index contributed by atoms with van der Waals surface area (Å²) in [7, 11) is -2.38. The molecule has 104 valence electrons. The van der Waals surface area contributed by atoms with Gasteiger partial charge in [-0.1, -0.05) is 43.4 Å². The van der Waals surface area contributed by atoms with E-state index in [0.717, 1.165) is 56.0 Å². The van der Waals surface area contributed by atoms with E-state index in [2.05, 4.69) is 43.4 Å². The first-order chi connectivity index (χ1) is 8.24. The van der Waals surface area contributed by atoms with Gasteiger partial charge in [0.25, 0.3) is 0 Å². The Kier molecular flexibility index (Phi) is 12.5. The monoisotopic (exact) mass is 374 g/mol. The van der Waals surface area contributed by atoms with Gasteiger partial charge in [-0.2, -0.15) is 0 Å². The second-order valence-electron chi connectivity index (χ2n) is 4.02. The van der Waals surface area contributed by atoms with Crippen LogP contribution in [0, 0.1) is 0 Å². The highest BCUT2D eigenvalue weighted by Crippen LogP contribution is 2.20. The van der Waals surface area contributed by atoms with Crippen LogP contribution >= 0.6 is 22.6 Å². The Balaban J connectivity index is 4.39. The molecule has 0 spiro atoms. The third-order valence-corrected chi connectivity index (χ3v) is 5.86. The van der Waals surface area contributed by atoms with Crippen molar-refractivity contribution >= 4 is 31.4 Å². The molecule has 0 unspecified atom stereocenters. The van der Waals surface area contributed by atoms with Gasteiger partial charge < -0.3 is 13.3 Å². The molecule has 0 saturated heterocycles. The average molecular weight is 374 g/mol. The molecule has 0 radical (unpaired) electrons. The van der Waals surface area contributed by atoms with Gasteiger partial charge in [0.05, 0.1) is 0 Å². The van der Waals surface area contributed by atoms with Gasteiger partial charge in [-0.25, -0.2) is 0 Å². The zero-order valence-electron chi connectivity index (χ0n) is 11.5. The first kappa shape index (κ1) is 17.8. The van der Waals surface area contributed by atoms with Crippen molar-refractivity contribution in [2.45, 2.75) is 52.5 Å². The lowest BCUT2D eigenvalue weighted by Gasteiger charge is -2.29. The molecule has 0 aliphatic rings. The molecule has 0 aliphatic carbocycles. The van der Waals surface area contributed by atoms with E-state index in [0.29, 0.717) is 0 Å². The van der Waals surface area contributed by atoms with Crippen LogP contribution < -0.4 is 0 Å². The summed E-state index contributed by atoms with van der Waals surface area (Å²) in [4.78, 5) is 0. The van der Waals surface area contributed by atoms with Crippen LogP contribution in [0.5, 0.6) is 0 Å². The summed E-state index contributed by atoms with van der Waals surface area (Å²) in [6, 6.07) is 0.954. The molecule has 0 bridgehead atoms. The van der Waals surface area contributed by atoms with E-state index >= 15 is 0 Å². The van der Waals surface area contributed by atoms with Crippen molar-refractivity contribution < 1.29 is 13.3 Å². The zero-order valence-corrected chi connectivity index (χ0v) is 14.6. The molecule has 0 aliphatic heterocycles. The maximum atomic E-state index is 5.98. The second kappa shape index (κ2) is 11.9. The molecule has 0 atom stereocenters. The van der Waals surface area contributed by atoms with E-state index in [1.807, 2.05) is 0 Å². The molecule has 0 amide bonds. The highest BCUT2D eigenvalue weighted by molar-refractivity contribution is 14.1. The van der Waals surface area contributed by atoms with Crippen molar-refractivity contribution in [2.75, 3.05) is 24.2 Å². The Hall–Kier alpha value is 0.827. The molecule has 0 aromatic heterocycles. The number of halogens is 1. The summed E-state index contributed by atoms with van der Waals surface area (Å²) in [5, 5.41) is 0. The van der Waals surface area contributed by atoms with Crippen molar-refractivity contribution in [1.29, 1.82) is 0 Å². The Morgan fingerprint density at radius 2 is 1.24 bits per heavy atom. The molecular weight excluding hydrogens is 347 g/mol. The molecule has 0 rings (SSSR count). The van der Waals surface area contributed by atoms with Crippen LogP contribution in [0.1, 0.15) is 46.5 Å². The summed E-state index contributed by atoms with van der Waals surface area (Å²) in [5.41, 5.74) is 0. The Morgan fingerprint density at radius 3 is 1.53 bits per heavy atom. The van der Waals surface area contributed by atoms with Crippen LogP contribution in [0.2, 0.25) is 6.04 Å². The quantitative estimate of drug-likeness (QED) is 0.293. The van der Waals surface area contributed by atoms with Crippen molar-refractivity contribution in [1.82, 2.24) is 0 Å². The Morgan fingerprint density at radius 1 is 0.824 bits per heavy atom. The Labute approximate surface area is 121 Å². The van der Waals surface area contributed by atoms with E-state index < -0.39 is 8.80 Å². The Bertz CT molecular complexity index is 132. The van der Waals surface area contributed by atoms with Crippen molar-refractivity contribution in [2.24, 2.45) is 0 Å². The average Bonchev–Trinajstić information content (AvgIpc) is 2.37. The molecule has 0 saturated carbocycles. The zero-order chi connectivity index (χ0) is 13.0. The van der Waals surface area contributed by atoms with Crippen LogP contribution in [0.3, 0.4) is 0 Å². The fourth-order valence-corrected chi connectivity index (χ4v) is 5.34. The molecule has 5 heteroatoms. The van der Waals surface area contributed by atoms with Gasteiger partial charge >= 0.3 is 8.80 Å². The summed E-state index contributed by atoms with van der Waals surface area (Å²) < 4.78 is 19.1. The van der Waals surface area contributed by atoms with Crippen LogP contribution in [-0.2, 0) is 13.3 Å². The van der Waals surface area contributed by atoms with Crippen molar-refractivity contribution in [3.05, 3.63) is 0 Å². The predicted molar refractivity (Wildman–Crippen MR) is 82.8 cm³/mol. The topological polar surface area (TPSA) is 27.7 Å². The molecule has 0 fully saturated rings. The SMILES string of the molecule is CCCO[Si](CCCI)(OCCC)OCCC. The normalized spacial score (nSPS) is 12.0. The lowest BCUT2D eigenvalue weighted by Crippen LogP contribution is -2.46. The van der Waals surface area contributed by atoms with Crippen molar-refractivity contribution in [3.63, 3.8) is 0 Å². The first-order valence-corrected chi connectivity index (χ1v) is 10.2. The summed E-state index contributed by atoms with van der Waals surface area (Å²) in [6.45, 7) is 8.62. The minimum Gasteiger partial charge on any atom is -0.373 e. The second-order valence-corrected chi connectivity index (χ2v) is 7.83. The molecule has 17 heavy (non-hydrogen) atoms. The number of hydrogen-bond acceptors (Lipinski definition) is 3. The number of alkyl halides is 1. The largest absolute Gasteiger partial charge is 0.500 e. The maximum absolute atomic E-state index is 5.98. The van der Waals surface area contributed by atoms with Crippen LogP contribution in [0.4, 0.5) is 0 Å². The van der Waals surface area contributed by atoms with E-state index in [4.69, 9.17) is 13.3 Å². The lowest BCUT2D eigenvalue weighted by atomic mass is 10.5. The first-order valence-electron chi connectivity index (χ1n) is 6.72. The predicted octanol–water partition coefficient (Wildman–Crippen LogP) is 4.03. The van der Waals surface area contributed by atoms with Gasteiger partial charge in [0, 0.05) is 25.9 Å². The molecular formula is C12H27IO3Si. The van der Waals surface area contributed by atoms with E-state index in [1.54, 1.807) is 0 Å². The van der Waals surface area contributed by atoms with Crippen LogP contribution in [0.15, 0.2) is 0 Å². The van der Waals surface area contributed by atoms with Crippen LogP contribution in [-0.4, -0.2) is 33.1 Å². The van der Waals surface area contributed by atoms with Crippen LogP contribution in [0.25, 0.3) is 0 Å². The van der Waals surface area contributed by atoms with E-state index in [1.165, 1.54) is 0 Å². The van der Waals surface area contributed by atoms with Gasteiger partial charge in [0.15, 0.2) is 0 Å². The fraction of sp³-hybridized carbons (Fsp3) is 1.00. The summed E-state index contributed by atoms with van der Waals surface area (Å²) in [6.07, 6.45) is 4.17. The molecule has 0 aromatic carbocycles. The van der Waals surface area contributed by atoms with Gasteiger partial charge in [-0.05, 0) is 30.1 Å². The molecule has 0 aromatic rings. The highest BCUT2D eigenvalue weighted by atomic mass is 127. The van der Waals surface area contributed by atoms with Gasteiger partial charge in [0.2, 0.25) is 0 Å².